The summed E-state index contributed by atoms with van der Waals surface area (Å²) in [6.07, 6.45) is -3.87. The van der Waals surface area contributed by atoms with Gasteiger partial charge in [-0.15, -0.1) is 0 Å². The third kappa shape index (κ3) is 5.32. The zero-order valence-electron chi connectivity index (χ0n) is 12.6. The molecule has 122 valence electrons. The van der Waals surface area contributed by atoms with Crippen molar-refractivity contribution in [2.45, 2.75) is 19.5 Å². The first-order chi connectivity index (χ1) is 10.8. The Kier molecular flexibility index (Phi) is 5.26. The molecule has 0 saturated heterocycles. The van der Waals surface area contributed by atoms with Gasteiger partial charge in [0, 0.05) is 12.2 Å². The lowest BCUT2D eigenvalue weighted by molar-refractivity contribution is -0.137. The SMILES string of the molecule is Cc1ccc(NC(=O)NCCc2ccc(C(F)(F)F)cc2)cc1. The molecule has 0 aromatic heterocycles. The summed E-state index contributed by atoms with van der Waals surface area (Å²) in [5.41, 5.74) is 1.83. The van der Waals surface area contributed by atoms with Gasteiger partial charge in [0.15, 0.2) is 0 Å². The molecule has 2 amide bonds. The van der Waals surface area contributed by atoms with Crippen molar-refractivity contribution < 1.29 is 18.0 Å². The molecule has 0 spiro atoms. The van der Waals surface area contributed by atoms with Crippen molar-refractivity contribution >= 4 is 11.7 Å². The van der Waals surface area contributed by atoms with Crippen LogP contribution in [-0.2, 0) is 12.6 Å². The summed E-state index contributed by atoms with van der Waals surface area (Å²) in [5.74, 6) is 0. The van der Waals surface area contributed by atoms with Gasteiger partial charge in [0.1, 0.15) is 0 Å². The lowest BCUT2D eigenvalue weighted by atomic mass is 10.1. The molecule has 0 aliphatic heterocycles. The monoisotopic (exact) mass is 322 g/mol. The fraction of sp³-hybridized carbons (Fsp3) is 0.235. The Morgan fingerprint density at radius 3 is 2.17 bits per heavy atom. The molecule has 6 heteroatoms. The van der Waals surface area contributed by atoms with Crippen LogP contribution in [0.25, 0.3) is 0 Å². The highest BCUT2D eigenvalue weighted by atomic mass is 19.4. The van der Waals surface area contributed by atoms with Crippen molar-refractivity contribution in [2.75, 3.05) is 11.9 Å². The quantitative estimate of drug-likeness (QED) is 0.862. The standard InChI is InChI=1S/C17H17F3N2O/c1-12-2-8-15(9-3-12)22-16(23)21-11-10-13-4-6-14(7-5-13)17(18,19)20/h2-9H,10-11H2,1H3,(H2,21,22,23). The summed E-state index contributed by atoms with van der Waals surface area (Å²) in [4.78, 5) is 11.7. The lowest BCUT2D eigenvalue weighted by Gasteiger charge is -2.09. The number of hydrogen-bond donors (Lipinski definition) is 2. The van der Waals surface area contributed by atoms with E-state index in [1.807, 2.05) is 19.1 Å². The zero-order chi connectivity index (χ0) is 16.9. The average molecular weight is 322 g/mol. The third-order valence-corrected chi connectivity index (χ3v) is 3.29. The van der Waals surface area contributed by atoms with E-state index < -0.39 is 11.7 Å². The number of aryl methyl sites for hydroxylation is 1. The van der Waals surface area contributed by atoms with Crippen LogP contribution in [-0.4, -0.2) is 12.6 Å². The summed E-state index contributed by atoms with van der Waals surface area (Å²) in [6, 6.07) is 11.9. The van der Waals surface area contributed by atoms with Gasteiger partial charge in [-0.2, -0.15) is 13.2 Å². The molecule has 2 N–H and O–H groups in total. The smallest absolute Gasteiger partial charge is 0.338 e. The van der Waals surface area contributed by atoms with Gasteiger partial charge in [0.05, 0.1) is 5.56 Å². The number of nitrogens with one attached hydrogen (secondary N) is 2. The number of rotatable bonds is 4. The summed E-state index contributed by atoms with van der Waals surface area (Å²) in [5, 5.41) is 5.35. The highest BCUT2D eigenvalue weighted by Crippen LogP contribution is 2.29. The predicted molar refractivity (Wildman–Crippen MR) is 83.3 cm³/mol. The number of halogens is 3. The molecule has 0 saturated carbocycles. The second-order valence-electron chi connectivity index (χ2n) is 5.19. The van der Waals surface area contributed by atoms with Crippen LogP contribution in [0.5, 0.6) is 0 Å². The molecule has 0 aliphatic carbocycles. The second kappa shape index (κ2) is 7.17. The van der Waals surface area contributed by atoms with E-state index in [1.165, 1.54) is 12.1 Å². The van der Waals surface area contributed by atoms with E-state index >= 15 is 0 Å². The number of carbonyl (C=O) groups is 1. The van der Waals surface area contributed by atoms with Crippen LogP contribution in [0.1, 0.15) is 16.7 Å². The number of alkyl halides is 3. The number of carbonyl (C=O) groups excluding carboxylic acids is 1. The molecule has 0 bridgehead atoms. The average Bonchev–Trinajstić information content (AvgIpc) is 2.49. The van der Waals surface area contributed by atoms with Crippen LogP contribution >= 0.6 is 0 Å². The van der Waals surface area contributed by atoms with Gasteiger partial charge >= 0.3 is 12.2 Å². The van der Waals surface area contributed by atoms with Gasteiger partial charge in [0.2, 0.25) is 0 Å². The first-order valence-corrected chi connectivity index (χ1v) is 7.12. The number of benzene rings is 2. The Balaban J connectivity index is 1.78. The molecule has 2 aromatic carbocycles. The fourth-order valence-electron chi connectivity index (χ4n) is 1.99. The highest BCUT2D eigenvalue weighted by molar-refractivity contribution is 5.89. The highest BCUT2D eigenvalue weighted by Gasteiger charge is 2.29. The first-order valence-electron chi connectivity index (χ1n) is 7.12. The molecule has 3 nitrogen and oxygen atoms in total. The molecule has 2 aromatic rings. The van der Waals surface area contributed by atoms with Crippen LogP contribution in [0.2, 0.25) is 0 Å². The van der Waals surface area contributed by atoms with E-state index in [0.717, 1.165) is 23.3 Å². The van der Waals surface area contributed by atoms with Crippen molar-refractivity contribution in [1.82, 2.24) is 5.32 Å². The van der Waals surface area contributed by atoms with E-state index in [9.17, 15) is 18.0 Å². The van der Waals surface area contributed by atoms with Crippen molar-refractivity contribution in [3.05, 3.63) is 65.2 Å². The van der Waals surface area contributed by atoms with Crippen LogP contribution < -0.4 is 10.6 Å². The fourth-order valence-corrected chi connectivity index (χ4v) is 1.99. The molecular weight excluding hydrogens is 305 g/mol. The molecular formula is C17H17F3N2O. The van der Waals surface area contributed by atoms with E-state index in [0.29, 0.717) is 18.7 Å². The van der Waals surface area contributed by atoms with Gasteiger partial charge < -0.3 is 10.6 Å². The molecule has 0 atom stereocenters. The van der Waals surface area contributed by atoms with Crippen LogP contribution in [0.3, 0.4) is 0 Å². The van der Waals surface area contributed by atoms with E-state index in [-0.39, 0.29) is 6.03 Å². The van der Waals surface area contributed by atoms with Gasteiger partial charge in [-0.3, -0.25) is 0 Å². The number of anilines is 1. The predicted octanol–water partition coefficient (Wildman–Crippen LogP) is 4.38. The first kappa shape index (κ1) is 16.9. The molecule has 2 rings (SSSR count). The maximum absolute atomic E-state index is 12.4. The summed E-state index contributed by atoms with van der Waals surface area (Å²) < 4.78 is 37.3. The van der Waals surface area contributed by atoms with Crippen LogP contribution in [0.4, 0.5) is 23.7 Å². The normalized spacial score (nSPS) is 11.1. The minimum Gasteiger partial charge on any atom is -0.338 e. The number of hydrogen-bond acceptors (Lipinski definition) is 1. The summed E-state index contributed by atoms with van der Waals surface area (Å²) >= 11 is 0. The Labute approximate surface area is 132 Å². The van der Waals surface area contributed by atoms with Crippen molar-refractivity contribution in [2.24, 2.45) is 0 Å². The maximum atomic E-state index is 12.4. The third-order valence-electron chi connectivity index (χ3n) is 3.29. The largest absolute Gasteiger partial charge is 0.416 e. The molecule has 23 heavy (non-hydrogen) atoms. The Bertz CT molecular complexity index is 649. The summed E-state index contributed by atoms with van der Waals surface area (Å²) in [6.45, 7) is 2.29. The minimum absolute atomic E-state index is 0.336. The van der Waals surface area contributed by atoms with Gasteiger partial charge in [-0.1, -0.05) is 29.8 Å². The van der Waals surface area contributed by atoms with E-state index in [1.54, 1.807) is 12.1 Å². The van der Waals surface area contributed by atoms with Crippen LogP contribution in [0.15, 0.2) is 48.5 Å². The summed E-state index contributed by atoms with van der Waals surface area (Å²) in [7, 11) is 0. The molecule has 0 heterocycles. The Morgan fingerprint density at radius 2 is 1.61 bits per heavy atom. The van der Waals surface area contributed by atoms with E-state index in [4.69, 9.17) is 0 Å². The molecule has 0 unspecified atom stereocenters. The molecule has 0 fully saturated rings. The number of amides is 2. The lowest BCUT2D eigenvalue weighted by Crippen LogP contribution is -2.30. The maximum Gasteiger partial charge on any atom is 0.416 e. The van der Waals surface area contributed by atoms with Gasteiger partial charge in [-0.25, -0.2) is 4.79 Å². The minimum atomic E-state index is -4.33. The van der Waals surface area contributed by atoms with Gasteiger partial charge in [0.25, 0.3) is 0 Å². The van der Waals surface area contributed by atoms with Gasteiger partial charge in [-0.05, 0) is 43.2 Å². The Hall–Kier alpha value is -2.50. The van der Waals surface area contributed by atoms with Crippen molar-refractivity contribution in [3.8, 4) is 0 Å². The number of urea groups is 1. The molecule has 0 aliphatic rings. The Morgan fingerprint density at radius 1 is 1.00 bits per heavy atom. The zero-order valence-corrected chi connectivity index (χ0v) is 12.6. The van der Waals surface area contributed by atoms with E-state index in [2.05, 4.69) is 10.6 Å². The van der Waals surface area contributed by atoms with Crippen molar-refractivity contribution in [3.63, 3.8) is 0 Å². The second-order valence-corrected chi connectivity index (χ2v) is 5.19. The van der Waals surface area contributed by atoms with Crippen molar-refractivity contribution in [1.29, 1.82) is 0 Å². The van der Waals surface area contributed by atoms with Crippen LogP contribution in [0, 0.1) is 6.92 Å². The topological polar surface area (TPSA) is 41.1 Å². The molecule has 0 radical (unpaired) electrons.